The lowest BCUT2D eigenvalue weighted by molar-refractivity contribution is 1.58. The number of benzene rings is 2. The maximum atomic E-state index is 6.20. The molecular formula is C11Cl9N. The first-order chi connectivity index (χ1) is 9.68. The van der Waals surface area contributed by atoms with Crippen molar-refractivity contribution in [2.45, 2.75) is 0 Å². The summed E-state index contributed by atoms with van der Waals surface area (Å²) in [5.74, 6) is 0. The highest BCUT2D eigenvalue weighted by molar-refractivity contribution is 6.95. The van der Waals surface area contributed by atoms with Gasteiger partial charge in [-0.15, -0.1) is 0 Å². The van der Waals surface area contributed by atoms with E-state index in [9.17, 15) is 0 Å². The van der Waals surface area contributed by atoms with Gasteiger partial charge in [0.1, 0.15) is 0 Å². The van der Waals surface area contributed by atoms with Gasteiger partial charge in [0.2, 0.25) is 0 Å². The Morgan fingerprint density at radius 1 is 0.524 bits per heavy atom. The van der Waals surface area contributed by atoms with E-state index >= 15 is 0 Å². The van der Waals surface area contributed by atoms with Crippen LogP contribution in [0.3, 0.4) is 0 Å². The van der Waals surface area contributed by atoms with Crippen molar-refractivity contribution in [2.75, 3.05) is 0 Å². The highest BCUT2D eigenvalue weighted by Crippen LogP contribution is 2.53. The van der Waals surface area contributed by atoms with Crippen molar-refractivity contribution in [3.8, 4) is 0 Å². The fourth-order valence-corrected chi connectivity index (χ4v) is 3.67. The third-order valence-electron chi connectivity index (χ3n) is 2.51. The first-order valence-electron chi connectivity index (χ1n) is 4.90. The van der Waals surface area contributed by atoms with Crippen molar-refractivity contribution in [2.24, 2.45) is 4.99 Å². The van der Waals surface area contributed by atoms with E-state index in [1.807, 2.05) is 0 Å². The molecule has 0 bridgehead atoms. The Bertz CT molecular complexity index is 785. The number of fused-ring (bicyclic) bond motifs is 1. The van der Waals surface area contributed by atoms with E-state index in [0.717, 1.165) is 0 Å². The monoisotopic (exact) mass is 461 g/mol. The molecule has 21 heavy (non-hydrogen) atoms. The topological polar surface area (TPSA) is 12.4 Å². The molecular weight excluding hydrogens is 465 g/mol. The van der Waals surface area contributed by atoms with Crippen LogP contribution in [0.15, 0.2) is 4.99 Å². The third-order valence-corrected chi connectivity index (χ3v) is 5.80. The molecule has 2 rings (SSSR count). The lowest BCUT2D eigenvalue weighted by atomic mass is 10.1. The van der Waals surface area contributed by atoms with Crippen molar-refractivity contribution in [1.82, 2.24) is 0 Å². The summed E-state index contributed by atoms with van der Waals surface area (Å²) in [5.41, 5.74) is 0.0894. The van der Waals surface area contributed by atoms with Crippen molar-refractivity contribution in [3.63, 3.8) is 0 Å². The SMILES string of the molecule is ClC(Cl)=Nc1c(Cl)c(Cl)c(Cl)c2c(Cl)c(Cl)c(Cl)c(Cl)c12. The zero-order valence-corrected chi connectivity index (χ0v) is 16.2. The molecule has 0 aliphatic carbocycles. The van der Waals surface area contributed by atoms with Crippen LogP contribution >= 0.6 is 104 Å². The number of halogens is 9. The Balaban J connectivity index is 3.21. The van der Waals surface area contributed by atoms with Crippen LogP contribution in [0.1, 0.15) is 0 Å². The van der Waals surface area contributed by atoms with Gasteiger partial charge in [-0.3, -0.25) is 0 Å². The van der Waals surface area contributed by atoms with Crippen LogP contribution in [0.25, 0.3) is 10.8 Å². The molecule has 0 radical (unpaired) electrons. The zero-order chi connectivity index (χ0) is 16.1. The van der Waals surface area contributed by atoms with E-state index < -0.39 is 0 Å². The molecule has 2 aromatic carbocycles. The van der Waals surface area contributed by atoms with Crippen molar-refractivity contribution in [1.29, 1.82) is 0 Å². The molecule has 10 heteroatoms. The molecule has 0 spiro atoms. The average Bonchev–Trinajstić information content (AvgIpc) is 2.42. The van der Waals surface area contributed by atoms with Gasteiger partial charge in [-0.25, -0.2) is 4.99 Å². The van der Waals surface area contributed by atoms with Crippen LogP contribution in [0.4, 0.5) is 5.69 Å². The molecule has 112 valence electrons. The average molecular weight is 465 g/mol. The second kappa shape index (κ2) is 6.84. The Kier molecular flexibility index (Phi) is 5.97. The van der Waals surface area contributed by atoms with E-state index in [0.29, 0.717) is 0 Å². The summed E-state index contributed by atoms with van der Waals surface area (Å²) in [4.78, 5) is 3.89. The number of rotatable bonds is 1. The molecule has 0 amide bonds. The van der Waals surface area contributed by atoms with E-state index in [1.165, 1.54) is 0 Å². The van der Waals surface area contributed by atoms with Crippen molar-refractivity contribution >= 4 is 125 Å². The Hall–Kier alpha value is 0.980. The molecule has 0 saturated heterocycles. The molecule has 0 aromatic heterocycles. The zero-order valence-electron chi connectivity index (χ0n) is 9.35. The van der Waals surface area contributed by atoms with Gasteiger partial charge in [0, 0.05) is 10.8 Å². The maximum absolute atomic E-state index is 6.20. The van der Waals surface area contributed by atoms with Gasteiger partial charge in [0.25, 0.3) is 0 Å². The fraction of sp³-hybridized carbons (Fsp3) is 0. The summed E-state index contributed by atoms with van der Waals surface area (Å²) in [6.07, 6.45) is 0. The second-order valence-electron chi connectivity index (χ2n) is 3.65. The highest BCUT2D eigenvalue weighted by Gasteiger charge is 2.24. The molecule has 2 aromatic rings. The highest BCUT2D eigenvalue weighted by atomic mass is 35.5. The quantitative estimate of drug-likeness (QED) is 0.227. The molecule has 0 aliphatic heterocycles. The van der Waals surface area contributed by atoms with Gasteiger partial charge >= 0.3 is 0 Å². The number of hydrogen-bond donors (Lipinski definition) is 0. The predicted molar refractivity (Wildman–Crippen MR) is 97.8 cm³/mol. The first-order valence-corrected chi connectivity index (χ1v) is 8.30. The summed E-state index contributed by atoms with van der Waals surface area (Å²) in [5, 5.41) is 0.735. The van der Waals surface area contributed by atoms with Gasteiger partial charge in [-0.05, 0) is 23.2 Å². The summed E-state index contributed by atoms with van der Waals surface area (Å²) < 4.78 is -0.310. The molecule has 0 N–H and O–H groups in total. The van der Waals surface area contributed by atoms with Gasteiger partial charge < -0.3 is 0 Å². The minimum Gasteiger partial charge on any atom is -0.223 e. The minimum absolute atomic E-state index is 0.00400. The van der Waals surface area contributed by atoms with Crippen molar-refractivity contribution < 1.29 is 0 Å². The number of aliphatic imine (C=N–C) groups is 1. The Morgan fingerprint density at radius 2 is 0.905 bits per heavy atom. The van der Waals surface area contributed by atoms with Crippen LogP contribution in [0, 0.1) is 0 Å². The van der Waals surface area contributed by atoms with Gasteiger partial charge in [0.05, 0.1) is 40.8 Å². The number of nitrogens with zero attached hydrogens (tertiary/aromatic N) is 1. The van der Waals surface area contributed by atoms with E-state index in [4.69, 9.17) is 104 Å². The molecule has 0 aliphatic rings. The van der Waals surface area contributed by atoms with Gasteiger partial charge in [-0.1, -0.05) is 81.2 Å². The van der Waals surface area contributed by atoms with Crippen LogP contribution < -0.4 is 0 Å². The van der Waals surface area contributed by atoms with E-state index in [1.54, 1.807) is 0 Å². The molecule has 0 fully saturated rings. The largest absolute Gasteiger partial charge is 0.223 e. The summed E-state index contributed by atoms with van der Waals surface area (Å²) in [6, 6.07) is 0. The second-order valence-corrected chi connectivity index (χ2v) is 7.20. The molecule has 0 unspecified atom stereocenters. The van der Waals surface area contributed by atoms with Crippen LogP contribution in [0.5, 0.6) is 0 Å². The van der Waals surface area contributed by atoms with Gasteiger partial charge in [0.15, 0.2) is 4.63 Å². The van der Waals surface area contributed by atoms with E-state index in [2.05, 4.69) is 4.99 Å². The van der Waals surface area contributed by atoms with E-state index in [-0.39, 0.29) is 56.2 Å². The summed E-state index contributed by atoms with van der Waals surface area (Å²) in [7, 11) is 0. The predicted octanol–water partition coefficient (Wildman–Crippen LogP) is 8.88. The normalized spacial score (nSPS) is 11.1. The molecule has 0 heterocycles. The van der Waals surface area contributed by atoms with Crippen LogP contribution in [-0.4, -0.2) is 4.63 Å². The standard InChI is InChI=1S/C11Cl9N/c12-3-1-2(5(14)7(16)6(3)15)10(21-11(19)20)9(18)8(17)4(1)13. The Labute approximate surface area is 164 Å². The van der Waals surface area contributed by atoms with Crippen molar-refractivity contribution in [3.05, 3.63) is 35.2 Å². The van der Waals surface area contributed by atoms with Gasteiger partial charge in [-0.2, -0.15) is 0 Å². The summed E-state index contributed by atoms with van der Waals surface area (Å²) in [6.45, 7) is 0. The number of hydrogen-bond acceptors (Lipinski definition) is 1. The Morgan fingerprint density at radius 3 is 1.33 bits per heavy atom. The van der Waals surface area contributed by atoms with Crippen LogP contribution in [0.2, 0.25) is 35.2 Å². The maximum Gasteiger partial charge on any atom is 0.197 e. The third kappa shape index (κ3) is 3.15. The lowest BCUT2D eigenvalue weighted by Gasteiger charge is -2.15. The molecule has 0 atom stereocenters. The van der Waals surface area contributed by atoms with Crippen LogP contribution in [-0.2, 0) is 0 Å². The molecule has 1 nitrogen and oxygen atoms in total. The summed E-state index contributed by atoms with van der Waals surface area (Å²) >= 11 is 53.9. The fourth-order valence-electron chi connectivity index (χ4n) is 1.67. The minimum atomic E-state index is -0.310. The first kappa shape index (κ1) is 18.3. The lowest BCUT2D eigenvalue weighted by Crippen LogP contribution is -1.88. The molecule has 0 saturated carbocycles. The smallest absolute Gasteiger partial charge is 0.197 e.